The molecule has 1 saturated heterocycles. The van der Waals surface area contributed by atoms with Crippen LogP contribution >= 0.6 is 11.6 Å². The molecule has 1 unspecified atom stereocenters. The maximum atomic E-state index is 13.5. The number of amides is 2. The van der Waals surface area contributed by atoms with E-state index in [9.17, 15) is 22.8 Å². The Labute approximate surface area is 193 Å². The normalized spacial score (nSPS) is 16.2. The Balaban J connectivity index is 1.69. The monoisotopic (exact) mass is 477 g/mol. The summed E-state index contributed by atoms with van der Waals surface area (Å²) in [5.74, 6) is -1.43. The summed E-state index contributed by atoms with van der Waals surface area (Å²) in [6, 6.07) is 11.2. The second kappa shape index (κ2) is 9.09. The lowest BCUT2D eigenvalue weighted by Gasteiger charge is -2.32. The van der Waals surface area contributed by atoms with Gasteiger partial charge in [0.25, 0.3) is 0 Å². The van der Waals surface area contributed by atoms with Crippen molar-refractivity contribution in [3.05, 3.63) is 70.4 Å². The van der Waals surface area contributed by atoms with Gasteiger partial charge in [-0.25, -0.2) is 0 Å². The molecular weight excluding hydrogens is 455 g/mol. The van der Waals surface area contributed by atoms with Crippen molar-refractivity contribution in [3.63, 3.8) is 0 Å². The van der Waals surface area contributed by atoms with Gasteiger partial charge in [0, 0.05) is 48.4 Å². The third-order valence-corrected chi connectivity index (χ3v) is 6.65. The molecule has 1 fully saturated rings. The van der Waals surface area contributed by atoms with E-state index in [-0.39, 0.29) is 29.2 Å². The number of fused-ring (bicyclic) bond motifs is 1. The number of nitrogens with zero attached hydrogens (tertiary/aromatic N) is 1. The minimum absolute atomic E-state index is 0.0119. The Bertz CT molecular complexity index is 1180. The Kier molecular flexibility index (Phi) is 6.38. The summed E-state index contributed by atoms with van der Waals surface area (Å²) in [5, 5.41) is 0.454. The SMILES string of the molecule is NC(=O)C1CCN(C(=O)CC(c2ccc(Cl)c(C(F)(F)F)c2)c2c[nH]c3ccccc23)CC1. The lowest BCUT2D eigenvalue weighted by atomic mass is 9.86. The van der Waals surface area contributed by atoms with E-state index in [0.717, 1.165) is 22.5 Å². The number of likely N-dealkylation sites (tertiary alicyclic amines) is 1. The fourth-order valence-corrected chi connectivity index (χ4v) is 4.71. The second-order valence-electron chi connectivity index (χ2n) is 8.34. The number of carbonyl (C=O) groups excluding carboxylic acids is 2. The van der Waals surface area contributed by atoms with Crippen LogP contribution in [0.2, 0.25) is 5.02 Å². The molecule has 1 aliphatic rings. The summed E-state index contributed by atoms with van der Waals surface area (Å²) in [7, 11) is 0. The number of hydrogen-bond acceptors (Lipinski definition) is 2. The lowest BCUT2D eigenvalue weighted by molar-refractivity contribution is -0.137. The molecule has 2 amide bonds. The van der Waals surface area contributed by atoms with Crippen molar-refractivity contribution in [2.45, 2.75) is 31.4 Å². The van der Waals surface area contributed by atoms with Gasteiger partial charge in [0.2, 0.25) is 11.8 Å². The van der Waals surface area contributed by atoms with Gasteiger partial charge in [-0.1, -0.05) is 35.9 Å². The third kappa shape index (κ3) is 4.85. The van der Waals surface area contributed by atoms with E-state index in [2.05, 4.69) is 4.98 Å². The van der Waals surface area contributed by atoms with Crippen LogP contribution in [-0.2, 0) is 15.8 Å². The zero-order chi connectivity index (χ0) is 23.8. The number of carbonyl (C=O) groups is 2. The van der Waals surface area contributed by atoms with Gasteiger partial charge in [-0.2, -0.15) is 13.2 Å². The maximum Gasteiger partial charge on any atom is 0.417 e. The van der Waals surface area contributed by atoms with Crippen LogP contribution in [0.5, 0.6) is 0 Å². The van der Waals surface area contributed by atoms with Crippen molar-refractivity contribution in [2.24, 2.45) is 11.7 Å². The summed E-state index contributed by atoms with van der Waals surface area (Å²) in [4.78, 5) is 29.4. The first-order valence-electron chi connectivity index (χ1n) is 10.6. The number of hydrogen-bond donors (Lipinski definition) is 2. The highest BCUT2D eigenvalue weighted by molar-refractivity contribution is 6.31. The molecule has 2 aromatic carbocycles. The molecule has 2 heterocycles. The first-order chi connectivity index (χ1) is 15.6. The third-order valence-electron chi connectivity index (χ3n) is 6.32. The van der Waals surface area contributed by atoms with Crippen molar-refractivity contribution in [1.82, 2.24) is 9.88 Å². The van der Waals surface area contributed by atoms with Crippen LogP contribution < -0.4 is 5.73 Å². The lowest BCUT2D eigenvalue weighted by Crippen LogP contribution is -2.42. The predicted molar refractivity (Wildman–Crippen MR) is 120 cm³/mol. The average molecular weight is 478 g/mol. The highest BCUT2D eigenvalue weighted by atomic mass is 35.5. The molecule has 0 saturated carbocycles. The number of rotatable bonds is 5. The Hall–Kier alpha value is -3.00. The summed E-state index contributed by atoms with van der Waals surface area (Å²) in [5.41, 5.74) is 6.37. The van der Waals surface area contributed by atoms with Gasteiger partial charge in [-0.15, -0.1) is 0 Å². The molecule has 0 aliphatic carbocycles. The molecule has 1 atom stereocenters. The number of nitrogens with one attached hydrogen (secondary N) is 1. The summed E-state index contributed by atoms with van der Waals surface area (Å²) in [6.07, 6.45) is -1.92. The van der Waals surface area contributed by atoms with E-state index in [1.165, 1.54) is 12.1 Å². The fraction of sp³-hybridized carbons (Fsp3) is 0.333. The van der Waals surface area contributed by atoms with Crippen LogP contribution in [0.15, 0.2) is 48.7 Å². The number of aromatic nitrogens is 1. The minimum atomic E-state index is -4.61. The number of nitrogens with two attached hydrogens (primary N) is 1. The van der Waals surface area contributed by atoms with Gasteiger partial charge in [-0.3, -0.25) is 9.59 Å². The molecule has 174 valence electrons. The van der Waals surface area contributed by atoms with Gasteiger partial charge >= 0.3 is 6.18 Å². The molecule has 3 N–H and O–H groups in total. The van der Waals surface area contributed by atoms with Crippen molar-refractivity contribution >= 4 is 34.3 Å². The topological polar surface area (TPSA) is 79.2 Å². The Morgan fingerprint density at radius 1 is 1.15 bits per heavy atom. The number of piperidine rings is 1. The molecule has 5 nitrogen and oxygen atoms in total. The molecule has 4 rings (SSSR count). The first-order valence-corrected chi connectivity index (χ1v) is 11.0. The molecule has 0 bridgehead atoms. The molecule has 0 spiro atoms. The van der Waals surface area contributed by atoms with E-state index in [1.54, 1.807) is 11.1 Å². The smallest absolute Gasteiger partial charge is 0.369 e. The quantitative estimate of drug-likeness (QED) is 0.537. The van der Waals surface area contributed by atoms with Crippen molar-refractivity contribution < 1.29 is 22.8 Å². The Morgan fingerprint density at radius 3 is 2.52 bits per heavy atom. The molecule has 3 aromatic rings. The molecule has 33 heavy (non-hydrogen) atoms. The van der Waals surface area contributed by atoms with Gasteiger partial charge in [0.05, 0.1) is 10.6 Å². The van der Waals surface area contributed by atoms with E-state index < -0.39 is 17.7 Å². The zero-order valence-electron chi connectivity index (χ0n) is 17.7. The van der Waals surface area contributed by atoms with Gasteiger partial charge in [0.15, 0.2) is 0 Å². The predicted octanol–water partition coefficient (Wildman–Crippen LogP) is 5.09. The molecular formula is C24H23ClF3N3O2. The first kappa shape index (κ1) is 23.2. The summed E-state index contributed by atoms with van der Waals surface area (Å²) >= 11 is 5.83. The summed E-state index contributed by atoms with van der Waals surface area (Å²) < 4.78 is 40.6. The number of H-pyrrole nitrogens is 1. The van der Waals surface area contributed by atoms with Crippen molar-refractivity contribution in [2.75, 3.05) is 13.1 Å². The number of para-hydroxylation sites is 1. The Morgan fingerprint density at radius 2 is 1.85 bits per heavy atom. The van der Waals surface area contributed by atoms with Crippen LogP contribution in [0.3, 0.4) is 0 Å². The van der Waals surface area contributed by atoms with Crippen molar-refractivity contribution in [3.8, 4) is 0 Å². The standard InChI is InChI=1S/C24H23ClF3N3O2/c25-20-6-5-15(11-19(20)24(26,27)28)17(18-13-30-21-4-2-1-3-16(18)21)12-22(32)31-9-7-14(8-10-31)23(29)33/h1-6,11,13-14,17,30H,7-10,12H2,(H2,29,33). The second-order valence-corrected chi connectivity index (χ2v) is 8.75. The molecule has 9 heteroatoms. The number of benzene rings is 2. The number of aromatic amines is 1. The molecule has 1 aliphatic heterocycles. The van der Waals surface area contributed by atoms with E-state index in [0.29, 0.717) is 31.5 Å². The van der Waals surface area contributed by atoms with Crippen molar-refractivity contribution in [1.29, 1.82) is 0 Å². The largest absolute Gasteiger partial charge is 0.417 e. The fourth-order valence-electron chi connectivity index (χ4n) is 4.48. The number of halogens is 4. The maximum absolute atomic E-state index is 13.5. The van der Waals surface area contributed by atoms with Crippen LogP contribution in [0.4, 0.5) is 13.2 Å². The van der Waals surface area contributed by atoms with Crippen LogP contribution in [-0.4, -0.2) is 34.8 Å². The highest BCUT2D eigenvalue weighted by Crippen LogP contribution is 2.40. The number of primary amides is 1. The number of alkyl halides is 3. The van der Waals surface area contributed by atoms with Crippen LogP contribution in [0, 0.1) is 5.92 Å². The molecule has 1 aromatic heterocycles. The minimum Gasteiger partial charge on any atom is -0.369 e. The van der Waals surface area contributed by atoms with E-state index in [1.807, 2.05) is 24.3 Å². The van der Waals surface area contributed by atoms with Gasteiger partial charge in [0.1, 0.15) is 0 Å². The highest BCUT2D eigenvalue weighted by Gasteiger charge is 2.35. The van der Waals surface area contributed by atoms with E-state index >= 15 is 0 Å². The van der Waals surface area contributed by atoms with Gasteiger partial charge in [-0.05, 0) is 42.2 Å². The zero-order valence-corrected chi connectivity index (χ0v) is 18.4. The summed E-state index contributed by atoms with van der Waals surface area (Å²) in [6.45, 7) is 0.781. The average Bonchev–Trinajstić information content (AvgIpc) is 3.21. The van der Waals surface area contributed by atoms with Crippen LogP contribution in [0.25, 0.3) is 10.9 Å². The van der Waals surface area contributed by atoms with Gasteiger partial charge < -0.3 is 15.6 Å². The van der Waals surface area contributed by atoms with Crippen LogP contribution in [0.1, 0.15) is 41.9 Å². The van der Waals surface area contributed by atoms with E-state index in [4.69, 9.17) is 17.3 Å². The molecule has 0 radical (unpaired) electrons.